The van der Waals surface area contributed by atoms with Crippen LogP contribution >= 0.6 is 15.9 Å². The molecule has 0 bridgehead atoms. The Labute approximate surface area is 127 Å². The molecular formula is C12H16BrNO4S2. The van der Waals surface area contributed by atoms with Crippen molar-refractivity contribution in [3.8, 4) is 0 Å². The minimum Gasteiger partial charge on any atom is -0.229 e. The van der Waals surface area contributed by atoms with Crippen molar-refractivity contribution in [2.24, 2.45) is 0 Å². The average Bonchev–Trinajstić information content (AvgIpc) is 2.35. The van der Waals surface area contributed by atoms with E-state index in [9.17, 15) is 16.8 Å². The lowest BCUT2D eigenvalue weighted by atomic mass is 10.2. The molecule has 0 radical (unpaired) electrons. The van der Waals surface area contributed by atoms with Gasteiger partial charge >= 0.3 is 0 Å². The molecular weight excluding hydrogens is 366 g/mol. The molecule has 0 saturated carbocycles. The Kier molecular flexibility index (Phi) is 4.58. The molecule has 1 aliphatic rings. The van der Waals surface area contributed by atoms with E-state index in [4.69, 9.17) is 0 Å². The van der Waals surface area contributed by atoms with Crippen molar-refractivity contribution >= 4 is 35.8 Å². The Bertz CT molecular complexity index is 699. The molecule has 20 heavy (non-hydrogen) atoms. The highest BCUT2D eigenvalue weighted by Gasteiger charge is 2.28. The van der Waals surface area contributed by atoms with Crippen LogP contribution in [-0.4, -0.2) is 34.4 Å². The smallest absolute Gasteiger partial charge is 0.229 e. The molecule has 1 saturated heterocycles. The van der Waals surface area contributed by atoms with Gasteiger partial charge in [-0.2, -0.15) is 0 Å². The Balaban J connectivity index is 2.18. The second-order valence-corrected chi connectivity index (χ2v) is 9.86. The van der Waals surface area contributed by atoms with Gasteiger partial charge in [-0.05, 0) is 37.5 Å². The quantitative estimate of drug-likeness (QED) is 0.862. The summed E-state index contributed by atoms with van der Waals surface area (Å²) in [6.45, 7) is 1.73. The van der Waals surface area contributed by atoms with Crippen LogP contribution in [0.15, 0.2) is 27.6 Å². The van der Waals surface area contributed by atoms with Gasteiger partial charge in [0, 0.05) is 10.5 Å². The minimum atomic E-state index is -3.63. The van der Waals surface area contributed by atoms with Crippen LogP contribution in [0, 0.1) is 6.92 Å². The molecule has 1 aliphatic heterocycles. The maximum atomic E-state index is 12.4. The molecule has 1 heterocycles. The van der Waals surface area contributed by atoms with E-state index in [-0.39, 0.29) is 22.4 Å². The fourth-order valence-corrected chi connectivity index (χ4v) is 5.73. The minimum absolute atomic E-state index is 0.0393. The lowest BCUT2D eigenvalue weighted by molar-refractivity contribution is 0.505. The van der Waals surface area contributed by atoms with Crippen LogP contribution in [0.25, 0.3) is 0 Å². The summed E-state index contributed by atoms with van der Waals surface area (Å²) >= 11 is 3.26. The van der Waals surface area contributed by atoms with Gasteiger partial charge in [0.2, 0.25) is 10.0 Å². The topological polar surface area (TPSA) is 80.3 Å². The maximum absolute atomic E-state index is 12.4. The highest BCUT2D eigenvalue weighted by Crippen LogP contribution is 2.22. The molecule has 5 nitrogen and oxygen atoms in total. The van der Waals surface area contributed by atoms with Gasteiger partial charge in [0.1, 0.15) is 9.84 Å². The van der Waals surface area contributed by atoms with Gasteiger partial charge in [-0.15, -0.1) is 0 Å². The molecule has 0 spiro atoms. The molecule has 8 heteroatoms. The molecule has 1 N–H and O–H groups in total. The summed E-state index contributed by atoms with van der Waals surface area (Å²) in [5.74, 6) is 0.0787. The number of rotatable bonds is 3. The van der Waals surface area contributed by atoms with E-state index in [2.05, 4.69) is 20.7 Å². The van der Waals surface area contributed by atoms with Crippen LogP contribution < -0.4 is 4.72 Å². The first kappa shape index (κ1) is 15.9. The van der Waals surface area contributed by atoms with Crippen LogP contribution in [0.3, 0.4) is 0 Å². The second kappa shape index (κ2) is 5.75. The van der Waals surface area contributed by atoms with E-state index in [1.807, 2.05) is 0 Å². The molecule has 112 valence electrons. The van der Waals surface area contributed by atoms with Crippen molar-refractivity contribution in [2.75, 3.05) is 11.5 Å². The molecule has 0 amide bonds. The third-order valence-corrected chi connectivity index (χ3v) is 7.19. The first-order chi connectivity index (χ1) is 9.20. The largest absolute Gasteiger partial charge is 0.241 e. The molecule has 0 unspecified atom stereocenters. The Morgan fingerprint density at radius 1 is 1.25 bits per heavy atom. The summed E-state index contributed by atoms with van der Waals surface area (Å²) in [6.07, 6.45) is 0.656. The lowest BCUT2D eigenvalue weighted by Gasteiger charge is -2.23. The zero-order chi connectivity index (χ0) is 15.0. The zero-order valence-electron chi connectivity index (χ0n) is 11.0. The number of sulfone groups is 1. The summed E-state index contributed by atoms with van der Waals surface area (Å²) in [5.41, 5.74) is 0.657. The number of sulfonamides is 1. The van der Waals surface area contributed by atoms with Crippen LogP contribution in [0.2, 0.25) is 0 Å². The molecule has 1 fully saturated rings. The van der Waals surface area contributed by atoms with Gasteiger partial charge < -0.3 is 0 Å². The van der Waals surface area contributed by atoms with E-state index in [0.29, 0.717) is 22.9 Å². The summed E-state index contributed by atoms with van der Waals surface area (Å²) in [5, 5.41) is 0. The highest BCUT2D eigenvalue weighted by molar-refractivity contribution is 9.10. The zero-order valence-corrected chi connectivity index (χ0v) is 14.2. The number of hydrogen-bond donors (Lipinski definition) is 1. The molecule has 0 aliphatic carbocycles. The van der Waals surface area contributed by atoms with E-state index in [0.717, 1.165) is 0 Å². The Morgan fingerprint density at radius 3 is 2.45 bits per heavy atom. The summed E-state index contributed by atoms with van der Waals surface area (Å²) < 4.78 is 50.7. The predicted molar refractivity (Wildman–Crippen MR) is 80.9 cm³/mol. The van der Waals surface area contributed by atoms with E-state index < -0.39 is 19.9 Å². The average molecular weight is 382 g/mol. The fourth-order valence-electron chi connectivity index (χ4n) is 2.15. The predicted octanol–water partition coefficient (Wildman–Crippen LogP) is 1.61. The monoisotopic (exact) mass is 381 g/mol. The summed E-state index contributed by atoms with van der Waals surface area (Å²) in [7, 11) is -6.62. The summed E-state index contributed by atoms with van der Waals surface area (Å²) in [4.78, 5) is 0.223. The van der Waals surface area contributed by atoms with Gasteiger partial charge in [0.25, 0.3) is 0 Å². The number of aryl methyl sites for hydroxylation is 1. The van der Waals surface area contributed by atoms with Crippen molar-refractivity contribution in [3.63, 3.8) is 0 Å². The van der Waals surface area contributed by atoms with Crippen molar-refractivity contribution in [1.82, 2.24) is 4.72 Å². The third-order valence-electron chi connectivity index (χ3n) is 3.32. The first-order valence-corrected chi connectivity index (χ1v) is 10.3. The van der Waals surface area contributed by atoms with Crippen LogP contribution in [-0.2, 0) is 19.9 Å². The normalized spacial score (nSPS) is 19.9. The van der Waals surface area contributed by atoms with E-state index >= 15 is 0 Å². The Morgan fingerprint density at radius 2 is 1.85 bits per heavy atom. The number of benzene rings is 1. The molecule has 1 aromatic carbocycles. The number of hydrogen-bond acceptors (Lipinski definition) is 4. The van der Waals surface area contributed by atoms with Crippen LogP contribution in [0.5, 0.6) is 0 Å². The highest BCUT2D eigenvalue weighted by atomic mass is 79.9. The molecule has 1 aromatic rings. The van der Waals surface area contributed by atoms with E-state index in [1.165, 1.54) is 0 Å². The van der Waals surface area contributed by atoms with Crippen LogP contribution in [0.4, 0.5) is 0 Å². The van der Waals surface area contributed by atoms with Gasteiger partial charge in [0.15, 0.2) is 0 Å². The second-order valence-electron chi connectivity index (χ2n) is 4.96. The lowest BCUT2D eigenvalue weighted by Crippen LogP contribution is -2.40. The van der Waals surface area contributed by atoms with Crippen molar-refractivity contribution < 1.29 is 16.8 Å². The fraction of sp³-hybridized carbons (Fsp3) is 0.500. The standard InChI is InChI=1S/C12H16BrNO4S2/c1-9-2-3-10(13)8-12(9)20(17,18)14-11-4-6-19(15,16)7-5-11/h2-3,8,11,14H,4-7H2,1H3. The first-order valence-electron chi connectivity index (χ1n) is 6.18. The SMILES string of the molecule is Cc1ccc(Br)cc1S(=O)(=O)NC1CCS(=O)(=O)CC1. The summed E-state index contributed by atoms with van der Waals surface area (Å²) in [6, 6.07) is 4.74. The Hall–Kier alpha value is -0.440. The van der Waals surface area contributed by atoms with Gasteiger partial charge in [-0.1, -0.05) is 22.0 Å². The molecule has 0 atom stereocenters. The molecule has 2 rings (SSSR count). The van der Waals surface area contributed by atoms with Gasteiger partial charge in [-0.3, -0.25) is 0 Å². The van der Waals surface area contributed by atoms with E-state index in [1.54, 1.807) is 25.1 Å². The number of halogens is 1. The van der Waals surface area contributed by atoms with Crippen molar-refractivity contribution in [2.45, 2.75) is 30.7 Å². The number of nitrogens with one attached hydrogen (secondary N) is 1. The van der Waals surface area contributed by atoms with Gasteiger partial charge in [-0.25, -0.2) is 21.6 Å². The maximum Gasteiger partial charge on any atom is 0.241 e. The molecule has 0 aromatic heterocycles. The third kappa shape index (κ3) is 3.81. The van der Waals surface area contributed by atoms with Crippen LogP contribution in [0.1, 0.15) is 18.4 Å². The van der Waals surface area contributed by atoms with Crippen molar-refractivity contribution in [3.05, 3.63) is 28.2 Å². The van der Waals surface area contributed by atoms with Gasteiger partial charge in [0.05, 0.1) is 16.4 Å². The van der Waals surface area contributed by atoms with Crippen molar-refractivity contribution in [1.29, 1.82) is 0 Å².